The van der Waals surface area contributed by atoms with Crippen LogP contribution in [0.5, 0.6) is 0 Å². The summed E-state index contributed by atoms with van der Waals surface area (Å²) in [5.74, 6) is 0.712. The monoisotopic (exact) mass is 378 g/mol. The zero-order valence-electron chi connectivity index (χ0n) is 16.7. The van der Waals surface area contributed by atoms with E-state index in [2.05, 4.69) is 43.6 Å². The first-order chi connectivity index (χ1) is 13.2. The number of aryl methyl sites for hydroxylation is 2. The van der Waals surface area contributed by atoms with Crippen LogP contribution >= 0.6 is 0 Å². The lowest BCUT2D eigenvalue weighted by molar-refractivity contribution is 0.0310. The molecule has 0 aliphatic carbocycles. The van der Waals surface area contributed by atoms with E-state index in [4.69, 9.17) is 5.73 Å². The van der Waals surface area contributed by atoms with Crippen LogP contribution in [0.4, 0.5) is 17.2 Å². The van der Waals surface area contributed by atoms with Crippen LogP contribution in [0.1, 0.15) is 37.0 Å². The second kappa shape index (κ2) is 6.60. The molecule has 0 saturated carbocycles. The highest BCUT2D eigenvalue weighted by molar-refractivity contribution is 5.95. The van der Waals surface area contributed by atoms with E-state index in [1.54, 1.807) is 0 Å². The summed E-state index contributed by atoms with van der Waals surface area (Å²) in [6.07, 6.45) is 0. The van der Waals surface area contributed by atoms with Crippen LogP contribution in [0.2, 0.25) is 0 Å². The van der Waals surface area contributed by atoms with E-state index in [1.807, 2.05) is 39.8 Å². The van der Waals surface area contributed by atoms with Crippen LogP contribution in [0.25, 0.3) is 10.8 Å². The number of nitrogens with zero attached hydrogens (tertiary/aromatic N) is 4. The molecule has 0 amide bonds. The van der Waals surface area contributed by atoms with Crippen molar-refractivity contribution in [3.05, 3.63) is 47.4 Å². The minimum Gasteiger partial charge on any atom is -0.399 e. The summed E-state index contributed by atoms with van der Waals surface area (Å²) in [7, 11) is 0. The SMILES string of the molecule is Cc1cc(N)cc([C@@H](C)Nc2nnc(C)c3ccc(N4CC(C)(O)C4)cc23)n1. The van der Waals surface area contributed by atoms with Gasteiger partial charge in [0.25, 0.3) is 0 Å². The Morgan fingerprint density at radius 1 is 1.14 bits per heavy atom. The number of aromatic nitrogens is 3. The summed E-state index contributed by atoms with van der Waals surface area (Å²) in [5, 5.41) is 24.3. The van der Waals surface area contributed by atoms with Gasteiger partial charge in [0.1, 0.15) is 0 Å². The van der Waals surface area contributed by atoms with Crippen molar-refractivity contribution in [1.82, 2.24) is 15.2 Å². The number of hydrogen-bond donors (Lipinski definition) is 3. The van der Waals surface area contributed by atoms with Gasteiger partial charge < -0.3 is 21.1 Å². The fourth-order valence-corrected chi connectivity index (χ4v) is 3.76. The lowest BCUT2D eigenvalue weighted by atomic mass is 9.95. The Balaban J connectivity index is 1.69. The first-order valence-electron chi connectivity index (χ1n) is 9.47. The van der Waals surface area contributed by atoms with Gasteiger partial charge in [0, 0.05) is 40.9 Å². The number of hydrogen-bond acceptors (Lipinski definition) is 7. The molecule has 146 valence electrons. The zero-order valence-corrected chi connectivity index (χ0v) is 16.7. The third-order valence-corrected chi connectivity index (χ3v) is 5.17. The smallest absolute Gasteiger partial charge is 0.157 e. The fourth-order valence-electron chi connectivity index (χ4n) is 3.76. The van der Waals surface area contributed by atoms with E-state index in [1.165, 1.54) is 0 Å². The van der Waals surface area contributed by atoms with Gasteiger partial charge in [-0.3, -0.25) is 4.98 Å². The maximum atomic E-state index is 10.1. The maximum Gasteiger partial charge on any atom is 0.157 e. The van der Waals surface area contributed by atoms with Crippen LogP contribution in [0.15, 0.2) is 30.3 Å². The molecule has 3 heterocycles. The molecule has 3 aromatic rings. The van der Waals surface area contributed by atoms with Crippen LogP contribution < -0.4 is 16.0 Å². The fraction of sp³-hybridized carbons (Fsp3) is 0.381. The average Bonchev–Trinajstić information content (AvgIpc) is 2.61. The van der Waals surface area contributed by atoms with Gasteiger partial charge in [0.05, 0.1) is 23.0 Å². The number of fused-ring (bicyclic) bond motifs is 1. The Morgan fingerprint density at radius 3 is 2.57 bits per heavy atom. The van der Waals surface area contributed by atoms with E-state index < -0.39 is 5.60 Å². The Labute approximate surface area is 164 Å². The standard InChI is InChI=1S/C21H26N6O/c1-12-7-15(22)8-19(23-12)14(3)24-20-18-9-16(27-10-21(4,28)11-27)5-6-17(18)13(2)25-26-20/h5-9,14,28H,10-11H2,1-4H3,(H2,22,23)(H,24,26)/t14-/m1/s1. The molecule has 1 aliphatic rings. The van der Waals surface area contributed by atoms with Crippen LogP contribution in [-0.4, -0.2) is 39.0 Å². The quantitative estimate of drug-likeness (QED) is 0.642. The second-order valence-corrected chi connectivity index (χ2v) is 8.05. The summed E-state index contributed by atoms with van der Waals surface area (Å²) in [5.41, 5.74) is 9.76. The van der Waals surface area contributed by atoms with Gasteiger partial charge in [-0.05, 0) is 52.0 Å². The summed E-state index contributed by atoms with van der Waals surface area (Å²) in [6.45, 7) is 9.03. The first-order valence-corrected chi connectivity index (χ1v) is 9.47. The minimum atomic E-state index is -0.617. The van der Waals surface area contributed by atoms with Gasteiger partial charge in [0.2, 0.25) is 0 Å². The van der Waals surface area contributed by atoms with Crippen LogP contribution in [-0.2, 0) is 0 Å². The molecule has 4 N–H and O–H groups in total. The molecular weight excluding hydrogens is 352 g/mol. The maximum absolute atomic E-state index is 10.1. The second-order valence-electron chi connectivity index (χ2n) is 8.05. The Kier molecular flexibility index (Phi) is 4.34. The molecule has 0 spiro atoms. The predicted molar refractivity (Wildman–Crippen MR) is 113 cm³/mol. The van der Waals surface area contributed by atoms with Gasteiger partial charge in [-0.1, -0.05) is 6.07 Å². The van der Waals surface area contributed by atoms with E-state index >= 15 is 0 Å². The number of pyridine rings is 1. The van der Waals surface area contributed by atoms with Gasteiger partial charge >= 0.3 is 0 Å². The molecular formula is C21H26N6O. The molecule has 1 atom stereocenters. The van der Waals surface area contributed by atoms with Crippen molar-refractivity contribution >= 4 is 28.0 Å². The van der Waals surface area contributed by atoms with Gasteiger partial charge in [-0.2, -0.15) is 5.10 Å². The molecule has 28 heavy (non-hydrogen) atoms. The predicted octanol–water partition coefficient (Wildman–Crippen LogP) is 2.97. The molecule has 0 bridgehead atoms. The number of anilines is 3. The highest BCUT2D eigenvalue weighted by atomic mass is 16.3. The third kappa shape index (κ3) is 3.45. The molecule has 4 rings (SSSR count). The van der Waals surface area contributed by atoms with Gasteiger partial charge in [-0.15, -0.1) is 5.10 Å². The molecule has 7 heteroatoms. The highest BCUT2D eigenvalue weighted by Crippen LogP contribution is 2.33. The van der Waals surface area contributed by atoms with Crippen molar-refractivity contribution in [2.24, 2.45) is 0 Å². The average molecular weight is 378 g/mol. The summed E-state index contributed by atoms with van der Waals surface area (Å²) in [6, 6.07) is 9.91. The number of benzene rings is 1. The molecule has 7 nitrogen and oxygen atoms in total. The summed E-state index contributed by atoms with van der Waals surface area (Å²) in [4.78, 5) is 6.74. The number of aliphatic hydroxyl groups is 1. The first kappa shape index (κ1) is 18.4. The van der Waals surface area contributed by atoms with Gasteiger partial charge in [0.15, 0.2) is 5.82 Å². The van der Waals surface area contributed by atoms with E-state index in [9.17, 15) is 5.11 Å². The Morgan fingerprint density at radius 2 is 1.89 bits per heavy atom. The number of nitrogens with one attached hydrogen (secondary N) is 1. The molecule has 0 unspecified atom stereocenters. The lowest BCUT2D eigenvalue weighted by Crippen LogP contribution is -2.60. The highest BCUT2D eigenvalue weighted by Gasteiger charge is 2.36. The number of β-amino-alcohol motifs (C(OH)–C–C–N with tert-alkyl or cyclic N) is 1. The third-order valence-electron chi connectivity index (χ3n) is 5.17. The largest absolute Gasteiger partial charge is 0.399 e. The molecule has 1 aliphatic heterocycles. The van der Waals surface area contributed by atoms with Crippen molar-refractivity contribution in [3.63, 3.8) is 0 Å². The number of nitrogen functional groups attached to an aromatic ring is 1. The zero-order chi connectivity index (χ0) is 20.1. The van der Waals surface area contributed by atoms with Crippen molar-refractivity contribution < 1.29 is 5.11 Å². The molecule has 1 saturated heterocycles. The van der Waals surface area contributed by atoms with Crippen LogP contribution in [0, 0.1) is 13.8 Å². The molecule has 2 aromatic heterocycles. The summed E-state index contributed by atoms with van der Waals surface area (Å²) < 4.78 is 0. The molecule has 1 fully saturated rings. The summed E-state index contributed by atoms with van der Waals surface area (Å²) >= 11 is 0. The van der Waals surface area contributed by atoms with E-state index in [-0.39, 0.29) is 6.04 Å². The molecule has 0 radical (unpaired) electrons. The lowest BCUT2D eigenvalue weighted by Gasteiger charge is -2.45. The van der Waals surface area contributed by atoms with Crippen LogP contribution in [0.3, 0.4) is 0 Å². The van der Waals surface area contributed by atoms with Crippen molar-refractivity contribution in [1.29, 1.82) is 0 Å². The molecule has 1 aromatic carbocycles. The van der Waals surface area contributed by atoms with Crippen molar-refractivity contribution in [2.45, 2.75) is 39.3 Å². The van der Waals surface area contributed by atoms with Crippen molar-refractivity contribution in [3.8, 4) is 0 Å². The van der Waals surface area contributed by atoms with E-state index in [0.29, 0.717) is 24.6 Å². The Hall–Kier alpha value is -2.93. The number of rotatable bonds is 4. The minimum absolute atomic E-state index is 0.0733. The van der Waals surface area contributed by atoms with E-state index in [0.717, 1.165) is 33.5 Å². The van der Waals surface area contributed by atoms with Crippen molar-refractivity contribution in [2.75, 3.05) is 29.0 Å². The number of nitrogens with two attached hydrogens (primary N) is 1. The normalized spacial score (nSPS) is 16.7. The Bertz CT molecular complexity index is 1020. The van der Waals surface area contributed by atoms with Gasteiger partial charge in [-0.25, -0.2) is 0 Å². The topological polar surface area (TPSA) is 100 Å².